The molecule has 1 aliphatic heterocycles. The Hall–Kier alpha value is -2.93. The number of ether oxygens (including phenoxy) is 1. The van der Waals surface area contributed by atoms with E-state index in [-0.39, 0.29) is 11.0 Å². The van der Waals surface area contributed by atoms with E-state index < -0.39 is 5.97 Å². The topological polar surface area (TPSA) is 75.6 Å². The molecule has 35 heavy (non-hydrogen) atoms. The molecule has 0 spiro atoms. The highest BCUT2D eigenvalue weighted by molar-refractivity contribution is 9.10. The molecule has 4 rings (SSSR count). The van der Waals surface area contributed by atoms with Gasteiger partial charge < -0.3 is 14.7 Å². The van der Waals surface area contributed by atoms with E-state index in [4.69, 9.17) is 9.72 Å². The number of aryl methyl sites for hydroxylation is 1. The lowest BCUT2D eigenvalue weighted by atomic mass is 9.75. The average molecular weight is 538 g/mol. The Morgan fingerprint density at radius 1 is 1.14 bits per heavy atom. The minimum absolute atomic E-state index is 0.0654. The van der Waals surface area contributed by atoms with E-state index >= 15 is 0 Å². The Kier molecular flexibility index (Phi) is 7.45. The monoisotopic (exact) mass is 537 g/mol. The van der Waals surface area contributed by atoms with Gasteiger partial charge >= 0.3 is 5.97 Å². The van der Waals surface area contributed by atoms with E-state index in [1.165, 1.54) is 6.20 Å². The van der Waals surface area contributed by atoms with Gasteiger partial charge in [0.15, 0.2) is 0 Å². The van der Waals surface area contributed by atoms with Crippen LogP contribution in [0.15, 0.2) is 53.1 Å². The minimum Gasteiger partial charge on any atom is -0.488 e. The first-order chi connectivity index (χ1) is 16.6. The second-order valence-electron chi connectivity index (χ2n) is 10.3. The van der Waals surface area contributed by atoms with E-state index in [0.29, 0.717) is 35.5 Å². The Morgan fingerprint density at radius 3 is 2.46 bits per heavy atom. The molecular formula is C28H32BrN3O3. The molecule has 2 aromatic carbocycles. The van der Waals surface area contributed by atoms with Gasteiger partial charge in [0.25, 0.3) is 0 Å². The summed E-state index contributed by atoms with van der Waals surface area (Å²) in [6, 6.07) is 13.7. The zero-order chi connectivity index (χ0) is 25.2. The molecule has 0 amide bonds. The summed E-state index contributed by atoms with van der Waals surface area (Å²) in [5.74, 6) is 0.757. The number of aromatic carboxylic acids is 1. The molecule has 1 saturated heterocycles. The van der Waals surface area contributed by atoms with E-state index in [0.717, 1.165) is 41.5 Å². The Morgan fingerprint density at radius 2 is 1.83 bits per heavy atom. The summed E-state index contributed by atoms with van der Waals surface area (Å²) in [7, 11) is 0. The summed E-state index contributed by atoms with van der Waals surface area (Å²) >= 11 is 3.45. The van der Waals surface area contributed by atoms with Crippen LogP contribution < -0.4 is 9.64 Å². The van der Waals surface area contributed by atoms with Gasteiger partial charge in [-0.05, 0) is 66.5 Å². The van der Waals surface area contributed by atoms with Crippen LogP contribution in [0.4, 0.5) is 5.95 Å². The van der Waals surface area contributed by atoms with Crippen molar-refractivity contribution in [2.24, 2.45) is 11.3 Å². The summed E-state index contributed by atoms with van der Waals surface area (Å²) in [5.41, 5.74) is 3.41. The van der Waals surface area contributed by atoms with Crippen LogP contribution in [0.3, 0.4) is 0 Å². The van der Waals surface area contributed by atoms with Gasteiger partial charge in [0, 0.05) is 29.3 Å². The maximum Gasteiger partial charge on any atom is 0.339 e. The number of hydrogen-bond acceptors (Lipinski definition) is 5. The zero-order valence-corrected chi connectivity index (χ0v) is 22.3. The second kappa shape index (κ2) is 10.4. The number of aromatic nitrogens is 2. The van der Waals surface area contributed by atoms with Crippen LogP contribution in [0, 0.1) is 18.3 Å². The summed E-state index contributed by atoms with van der Waals surface area (Å²) < 4.78 is 7.19. The van der Waals surface area contributed by atoms with Gasteiger partial charge in [-0.15, -0.1) is 0 Å². The minimum atomic E-state index is -1.06. The van der Waals surface area contributed by atoms with Crippen molar-refractivity contribution >= 4 is 27.8 Å². The van der Waals surface area contributed by atoms with Gasteiger partial charge in [-0.1, -0.05) is 54.9 Å². The smallest absolute Gasteiger partial charge is 0.339 e. The average Bonchev–Trinajstić information content (AvgIpc) is 2.83. The number of carbonyl (C=O) groups is 1. The number of piperidine rings is 1. The number of carboxylic acids is 1. The van der Waals surface area contributed by atoms with E-state index in [2.05, 4.69) is 46.6 Å². The number of benzene rings is 2. The Labute approximate surface area is 215 Å². The molecule has 0 atom stereocenters. The van der Waals surface area contributed by atoms with Crippen molar-refractivity contribution in [3.63, 3.8) is 0 Å². The predicted molar refractivity (Wildman–Crippen MR) is 142 cm³/mol. The maximum absolute atomic E-state index is 12.1. The molecule has 184 valence electrons. The molecule has 0 saturated carbocycles. The lowest BCUT2D eigenvalue weighted by Crippen LogP contribution is -2.39. The van der Waals surface area contributed by atoms with Crippen LogP contribution in [0.1, 0.15) is 55.1 Å². The first-order valence-corrected chi connectivity index (χ1v) is 12.7. The molecule has 1 N–H and O–H groups in total. The van der Waals surface area contributed by atoms with Crippen molar-refractivity contribution in [2.75, 3.05) is 18.0 Å². The number of rotatable bonds is 6. The fourth-order valence-electron chi connectivity index (χ4n) is 4.52. The van der Waals surface area contributed by atoms with E-state index in [9.17, 15) is 9.90 Å². The van der Waals surface area contributed by atoms with E-state index in [1.54, 1.807) is 0 Å². The largest absolute Gasteiger partial charge is 0.488 e. The van der Waals surface area contributed by atoms with Crippen molar-refractivity contribution < 1.29 is 14.6 Å². The standard InChI is InChI=1S/C28H32BrN3O3/c1-18-5-10-22(24(15-18)35-17-19-6-8-21(29)9-7-19)25-23(26(33)34)16-30-27(31-25)32-13-11-20(12-14-32)28(2,3)4/h5-10,15-16,20H,11-14,17H2,1-4H3,(H,33,34). The van der Waals surface area contributed by atoms with Crippen molar-refractivity contribution in [2.45, 2.75) is 47.1 Å². The summed E-state index contributed by atoms with van der Waals surface area (Å²) in [6.07, 6.45) is 3.55. The summed E-state index contributed by atoms with van der Waals surface area (Å²) in [4.78, 5) is 23.5. The first-order valence-electron chi connectivity index (χ1n) is 12.0. The molecule has 7 heteroatoms. The molecule has 1 aromatic heterocycles. The zero-order valence-electron chi connectivity index (χ0n) is 20.7. The van der Waals surface area contributed by atoms with Gasteiger partial charge in [-0.25, -0.2) is 14.8 Å². The van der Waals surface area contributed by atoms with Crippen LogP contribution >= 0.6 is 15.9 Å². The van der Waals surface area contributed by atoms with Crippen molar-refractivity contribution in [1.82, 2.24) is 9.97 Å². The third-order valence-corrected chi connectivity index (χ3v) is 7.24. The van der Waals surface area contributed by atoms with Crippen molar-refractivity contribution in [3.8, 4) is 17.0 Å². The van der Waals surface area contributed by atoms with Crippen LogP contribution in [0.5, 0.6) is 5.75 Å². The van der Waals surface area contributed by atoms with Crippen LogP contribution in [0.25, 0.3) is 11.3 Å². The molecule has 2 heterocycles. The van der Waals surface area contributed by atoms with Crippen LogP contribution in [0.2, 0.25) is 0 Å². The van der Waals surface area contributed by atoms with Crippen molar-refractivity contribution in [1.29, 1.82) is 0 Å². The third-order valence-electron chi connectivity index (χ3n) is 6.71. The van der Waals surface area contributed by atoms with Crippen LogP contribution in [-0.4, -0.2) is 34.1 Å². The Balaban J connectivity index is 1.65. The Bertz CT molecular complexity index is 1200. The number of halogens is 1. The lowest BCUT2D eigenvalue weighted by molar-refractivity contribution is 0.0697. The fourth-order valence-corrected chi connectivity index (χ4v) is 4.78. The third kappa shape index (κ3) is 6.01. The summed E-state index contributed by atoms with van der Waals surface area (Å²) in [5, 5.41) is 9.89. The lowest BCUT2D eigenvalue weighted by Gasteiger charge is -2.38. The maximum atomic E-state index is 12.1. The molecule has 0 radical (unpaired) electrons. The molecular weight excluding hydrogens is 506 g/mol. The molecule has 1 aliphatic rings. The van der Waals surface area contributed by atoms with Gasteiger partial charge in [-0.2, -0.15) is 0 Å². The van der Waals surface area contributed by atoms with Crippen LogP contribution in [-0.2, 0) is 6.61 Å². The number of nitrogens with zero attached hydrogens (tertiary/aromatic N) is 3. The van der Waals surface area contributed by atoms with Crippen molar-refractivity contribution in [3.05, 3.63) is 69.8 Å². The number of carboxylic acid groups (broad SMARTS) is 1. The van der Waals surface area contributed by atoms with Gasteiger partial charge in [-0.3, -0.25) is 0 Å². The number of anilines is 1. The number of hydrogen-bond donors (Lipinski definition) is 1. The van der Waals surface area contributed by atoms with E-state index in [1.807, 2.05) is 49.4 Å². The predicted octanol–water partition coefficient (Wildman–Crippen LogP) is 6.75. The molecule has 0 aliphatic carbocycles. The SMILES string of the molecule is Cc1ccc(-c2nc(N3CCC(C(C)(C)C)CC3)ncc2C(=O)O)c(OCc2ccc(Br)cc2)c1. The molecule has 6 nitrogen and oxygen atoms in total. The molecule has 0 bridgehead atoms. The van der Waals surface area contributed by atoms with Gasteiger partial charge in [0.05, 0.1) is 5.69 Å². The summed E-state index contributed by atoms with van der Waals surface area (Å²) in [6.45, 7) is 10.9. The molecule has 1 fully saturated rings. The first kappa shape index (κ1) is 25.2. The highest BCUT2D eigenvalue weighted by Gasteiger charge is 2.30. The quantitative estimate of drug-likeness (QED) is 0.374. The normalized spacial score (nSPS) is 14.7. The van der Waals surface area contributed by atoms with Gasteiger partial charge in [0.1, 0.15) is 17.9 Å². The molecule has 0 unspecified atom stereocenters. The molecule has 3 aromatic rings. The highest BCUT2D eigenvalue weighted by atomic mass is 79.9. The van der Waals surface area contributed by atoms with Gasteiger partial charge in [0.2, 0.25) is 5.95 Å². The fraction of sp³-hybridized carbons (Fsp3) is 0.393. The second-order valence-corrected chi connectivity index (χ2v) is 11.2. The highest BCUT2D eigenvalue weighted by Crippen LogP contribution is 2.37.